The average Bonchev–Trinajstić information content (AvgIpc) is 2.39. The first-order valence-corrected chi connectivity index (χ1v) is 6.69. The molecular formula is C14H22N2+2. The quantitative estimate of drug-likeness (QED) is 0.655. The topological polar surface area (TPSA) is 21.1 Å². The fourth-order valence-corrected chi connectivity index (χ4v) is 3.33. The minimum atomic E-state index is 0.755. The first-order chi connectivity index (χ1) is 7.95. The second kappa shape index (κ2) is 4.56. The van der Waals surface area contributed by atoms with Crippen molar-refractivity contribution in [2.24, 2.45) is 0 Å². The van der Waals surface area contributed by atoms with Crippen LogP contribution in [-0.2, 0) is 6.54 Å². The van der Waals surface area contributed by atoms with Gasteiger partial charge in [0.25, 0.3) is 0 Å². The van der Waals surface area contributed by atoms with Crippen molar-refractivity contribution in [1.82, 2.24) is 0 Å². The van der Waals surface area contributed by atoms with Crippen LogP contribution in [0.15, 0.2) is 24.3 Å². The molecule has 3 N–H and O–H groups in total. The van der Waals surface area contributed by atoms with Gasteiger partial charge in [0.1, 0.15) is 13.1 Å². The number of piperidine rings is 1. The zero-order valence-electron chi connectivity index (χ0n) is 9.91. The summed E-state index contributed by atoms with van der Waals surface area (Å²) >= 11 is 0. The van der Waals surface area contributed by atoms with Gasteiger partial charge in [-0.2, -0.15) is 0 Å². The van der Waals surface area contributed by atoms with Crippen molar-refractivity contribution in [3.63, 3.8) is 0 Å². The molecule has 0 amide bonds. The summed E-state index contributed by atoms with van der Waals surface area (Å²) in [4.78, 5) is 1.83. The summed E-state index contributed by atoms with van der Waals surface area (Å²) < 4.78 is 0. The van der Waals surface area contributed by atoms with Crippen LogP contribution in [0.2, 0.25) is 0 Å². The second-order valence-corrected chi connectivity index (χ2v) is 5.20. The molecule has 16 heavy (non-hydrogen) atoms. The smallest absolute Gasteiger partial charge is 0.163 e. The van der Waals surface area contributed by atoms with E-state index in [0.717, 1.165) is 6.04 Å². The number of rotatable bonds is 1. The maximum absolute atomic E-state index is 2.48. The minimum Gasteiger partial charge on any atom is -0.337 e. The summed E-state index contributed by atoms with van der Waals surface area (Å²) in [6, 6.07) is 9.81. The lowest BCUT2D eigenvalue weighted by Gasteiger charge is -2.33. The molecule has 0 saturated carbocycles. The monoisotopic (exact) mass is 218 g/mol. The molecule has 1 aromatic carbocycles. The number of benzene rings is 1. The van der Waals surface area contributed by atoms with Crippen molar-refractivity contribution in [3.05, 3.63) is 35.4 Å². The Balaban J connectivity index is 1.86. The predicted octanol–water partition coefficient (Wildman–Crippen LogP) is -0.126. The Hall–Kier alpha value is -0.860. The first-order valence-electron chi connectivity index (χ1n) is 6.69. The van der Waals surface area contributed by atoms with E-state index in [-0.39, 0.29) is 0 Å². The molecule has 0 bridgehead atoms. The summed E-state index contributed by atoms with van der Waals surface area (Å²) in [6.45, 7) is 5.23. The van der Waals surface area contributed by atoms with Crippen LogP contribution in [0.3, 0.4) is 0 Å². The van der Waals surface area contributed by atoms with E-state index in [1.54, 1.807) is 11.1 Å². The normalized spacial score (nSPS) is 26.4. The Morgan fingerprint density at radius 1 is 1.06 bits per heavy atom. The van der Waals surface area contributed by atoms with E-state index in [9.17, 15) is 0 Å². The van der Waals surface area contributed by atoms with Crippen molar-refractivity contribution in [3.8, 4) is 0 Å². The van der Waals surface area contributed by atoms with Crippen LogP contribution in [-0.4, -0.2) is 19.6 Å². The fourth-order valence-electron chi connectivity index (χ4n) is 3.33. The third-order valence-electron chi connectivity index (χ3n) is 4.19. The van der Waals surface area contributed by atoms with Gasteiger partial charge in [-0.1, -0.05) is 24.3 Å². The van der Waals surface area contributed by atoms with Crippen LogP contribution in [0.25, 0.3) is 0 Å². The van der Waals surface area contributed by atoms with Crippen LogP contribution < -0.4 is 10.2 Å². The third kappa shape index (κ3) is 1.87. The van der Waals surface area contributed by atoms with Crippen molar-refractivity contribution >= 4 is 0 Å². The molecule has 1 fully saturated rings. The van der Waals surface area contributed by atoms with Crippen molar-refractivity contribution in [1.29, 1.82) is 0 Å². The van der Waals surface area contributed by atoms with E-state index in [1.165, 1.54) is 45.4 Å². The van der Waals surface area contributed by atoms with Crippen LogP contribution >= 0.6 is 0 Å². The Morgan fingerprint density at radius 2 is 1.88 bits per heavy atom. The van der Waals surface area contributed by atoms with Crippen molar-refractivity contribution < 1.29 is 10.2 Å². The fraction of sp³-hybridized carbons (Fsp3) is 0.571. The van der Waals surface area contributed by atoms with Gasteiger partial charge in [-0.3, -0.25) is 0 Å². The molecule has 2 heteroatoms. The van der Waals surface area contributed by atoms with E-state index in [1.807, 2.05) is 4.90 Å². The molecule has 1 atom stereocenters. The van der Waals surface area contributed by atoms with E-state index in [0.29, 0.717) is 0 Å². The number of nitrogens with one attached hydrogen (secondary N) is 1. The van der Waals surface area contributed by atoms with Gasteiger partial charge in [0.05, 0.1) is 13.1 Å². The molecule has 0 spiro atoms. The maximum Gasteiger partial charge on any atom is 0.163 e. The standard InChI is InChI=1S/C14H20N2/c1-4-8-16(9-5-1)14-11-15-10-12-6-2-3-7-13(12)14/h2-3,6-7,14-15H,1,4-5,8-11H2/p+2/t14-/m0/s1. The molecule has 86 valence electrons. The summed E-state index contributed by atoms with van der Waals surface area (Å²) in [7, 11) is 0. The lowest BCUT2D eigenvalue weighted by molar-refractivity contribution is -0.952. The van der Waals surface area contributed by atoms with E-state index in [2.05, 4.69) is 29.6 Å². The highest BCUT2D eigenvalue weighted by Gasteiger charge is 2.31. The molecule has 0 radical (unpaired) electrons. The van der Waals surface area contributed by atoms with Gasteiger partial charge >= 0.3 is 0 Å². The number of hydrogen-bond acceptors (Lipinski definition) is 0. The van der Waals surface area contributed by atoms with Crippen LogP contribution in [0, 0.1) is 0 Å². The number of fused-ring (bicyclic) bond motifs is 1. The van der Waals surface area contributed by atoms with Crippen molar-refractivity contribution in [2.75, 3.05) is 19.6 Å². The molecule has 3 rings (SSSR count). The highest BCUT2D eigenvalue weighted by atomic mass is 15.2. The Labute approximate surface area is 97.6 Å². The van der Waals surface area contributed by atoms with Gasteiger partial charge in [-0.25, -0.2) is 0 Å². The largest absolute Gasteiger partial charge is 0.337 e. The van der Waals surface area contributed by atoms with Gasteiger partial charge in [0, 0.05) is 11.1 Å². The molecule has 1 aromatic rings. The molecular weight excluding hydrogens is 196 g/mol. The molecule has 2 aliphatic rings. The number of hydrogen-bond donors (Lipinski definition) is 2. The summed E-state index contributed by atoms with van der Waals surface area (Å²) in [6.07, 6.45) is 4.30. The zero-order valence-corrected chi connectivity index (χ0v) is 9.91. The lowest BCUT2D eigenvalue weighted by atomic mass is 9.94. The molecule has 0 unspecified atom stereocenters. The Morgan fingerprint density at radius 3 is 2.75 bits per heavy atom. The molecule has 0 aromatic heterocycles. The Bertz CT molecular complexity index is 356. The van der Waals surface area contributed by atoms with Gasteiger partial charge < -0.3 is 10.2 Å². The number of likely N-dealkylation sites (tertiary alicyclic amines) is 1. The number of quaternary nitrogens is 2. The van der Waals surface area contributed by atoms with E-state index in [4.69, 9.17) is 0 Å². The highest BCUT2D eigenvalue weighted by molar-refractivity contribution is 5.29. The van der Waals surface area contributed by atoms with E-state index >= 15 is 0 Å². The Kier molecular flexibility index (Phi) is 2.94. The van der Waals surface area contributed by atoms with Gasteiger partial charge in [-0.15, -0.1) is 0 Å². The van der Waals surface area contributed by atoms with Gasteiger partial charge in [0.2, 0.25) is 0 Å². The average molecular weight is 218 g/mol. The van der Waals surface area contributed by atoms with Crippen molar-refractivity contribution in [2.45, 2.75) is 31.8 Å². The summed E-state index contributed by atoms with van der Waals surface area (Å²) in [5, 5.41) is 2.48. The van der Waals surface area contributed by atoms with Gasteiger partial charge in [-0.05, 0) is 19.3 Å². The van der Waals surface area contributed by atoms with Crippen LogP contribution in [0.1, 0.15) is 36.4 Å². The van der Waals surface area contributed by atoms with Crippen LogP contribution in [0.5, 0.6) is 0 Å². The van der Waals surface area contributed by atoms with E-state index < -0.39 is 0 Å². The molecule has 0 aliphatic carbocycles. The first kappa shape index (κ1) is 10.3. The third-order valence-corrected chi connectivity index (χ3v) is 4.19. The van der Waals surface area contributed by atoms with Gasteiger partial charge in [0.15, 0.2) is 6.04 Å². The molecule has 1 saturated heterocycles. The lowest BCUT2D eigenvalue weighted by Crippen LogP contribution is -3.16. The maximum atomic E-state index is 2.48. The predicted molar refractivity (Wildman–Crippen MR) is 64.2 cm³/mol. The zero-order chi connectivity index (χ0) is 10.8. The summed E-state index contributed by atoms with van der Waals surface area (Å²) in [5.41, 5.74) is 3.19. The summed E-state index contributed by atoms with van der Waals surface area (Å²) in [5.74, 6) is 0. The highest BCUT2D eigenvalue weighted by Crippen LogP contribution is 2.17. The SMILES string of the molecule is c1ccc2c(c1)C[NH2+]C[C@@H]2[NH+]1CCCCC1. The number of nitrogens with two attached hydrogens (primary N) is 1. The minimum absolute atomic E-state index is 0.755. The molecule has 2 nitrogen and oxygen atoms in total. The molecule has 2 aliphatic heterocycles. The second-order valence-electron chi connectivity index (χ2n) is 5.20. The van der Waals surface area contributed by atoms with Crippen LogP contribution in [0.4, 0.5) is 0 Å². The molecule has 2 heterocycles.